The minimum absolute atomic E-state index is 0.0736. The van der Waals surface area contributed by atoms with Crippen LogP contribution in [0.2, 0.25) is 0 Å². The predicted molar refractivity (Wildman–Crippen MR) is 356 cm³/mol. The number of carbonyl (C=O) groups is 13. The zero-order valence-corrected chi connectivity index (χ0v) is 55.3. The van der Waals surface area contributed by atoms with Gasteiger partial charge in [-0.05, 0) is 119 Å². The molecule has 2 aliphatic rings. The van der Waals surface area contributed by atoms with Gasteiger partial charge in [-0.15, -0.1) is 0 Å². The maximum atomic E-state index is 14.7. The van der Waals surface area contributed by atoms with Crippen molar-refractivity contribution in [1.29, 1.82) is 0 Å². The van der Waals surface area contributed by atoms with E-state index in [0.29, 0.717) is 55.4 Å². The van der Waals surface area contributed by atoms with E-state index in [-0.39, 0.29) is 83.0 Å². The molecule has 0 aromatic heterocycles. The molecule has 31 nitrogen and oxygen atoms in total. The zero-order valence-electron chi connectivity index (χ0n) is 54.5. The minimum Gasteiger partial charge on any atom is -0.370 e. The van der Waals surface area contributed by atoms with Crippen LogP contribution < -0.4 is 82.7 Å². The van der Waals surface area contributed by atoms with Gasteiger partial charge in [-0.25, -0.2) is 0 Å². The van der Waals surface area contributed by atoms with Crippen molar-refractivity contribution in [3.63, 3.8) is 0 Å². The maximum absolute atomic E-state index is 14.7. The van der Waals surface area contributed by atoms with Crippen molar-refractivity contribution in [2.75, 3.05) is 44.7 Å². The number of nitrogens with one attached hydrogen (secondary N) is 8. The van der Waals surface area contributed by atoms with Crippen molar-refractivity contribution >= 4 is 94.5 Å². The van der Waals surface area contributed by atoms with Gasteiger partial charge in [-0.2, -0.15) is 11.8 Å². The number of benzene rings is 2. The van der Waals surface area contributed by atoms with Crippen molar-refractivity contribution in [1.82, 2.24) is 52.3 Å². The molecular formula is C63H98N18O13S. The Balaban J connectivity index is 1.56. The van der Waals surface area contributed by atoms with Gasteiger partial charge >= 0.3 is 0 Å². The minimum atomic E-state index is -1.64. The Labute approximate surface area is 558 Å². The van der Waals surface area contributed by atoms with Crippen LogP contribution in [-0.2, 0) is 75.2 Å². The molecule has 22 N–H and O–H groups in total. The summed E-state index contributed by atoms with van der Waals surface area (Å²) >= 11 is 1.45. The lowest BCUT2D eigenvalue weighted by Gasteiger charge is -2.32. The number of primary amides is 3. The number of thioether (sulfide) groups is 1. The fraction of sp³-hybridized carbons (Fsp3) is 0.587. The molecule has 0 bridgehead atoms. The average Bonchev–Trinajstić information content (AvgIpc) is 1.74. The maximum Gasteiger partial charge on any atom is 0.245 e. The van der Waals surface area contributed by atoms with E-state index in [0.717, 1.165) is 0 Å². The van der Waals surface area contributed by atoms with Crippen LogP contribution in [0.15, 0.2) is 65.7 Å². The highest BCUT2D eigenvalue weighted by molar-refractivity contribution is 7.98. The van der Waals surface area contributed by atoms with Crippen molar-refractivity contribution in [3.05, 3.63) is 71.8 Å². The average molecular weight is 1350 g/mol. The number of aliphatic imine (C=N–C) groups is 1. The molecule has 524 valence electrons. The third-order valence-corrected chi connectivity index (χ3v) is 16.7. The molecule has 2 aromatic carbocycles. The Morgan fingerprint density at radius 2 is 1.01 bits per heavy atom. The zero-order chi connectivity index (χ0) is 70.1. The summed E-state index contributed by atoms with van der Waals surface area (Å²) in [5.41, 5.74) is 40.6. The van der Waals surface area contributed by atoms with Gasteiger partial charge in [0.05, 0.1) is 12.6 Å². The summed E-state index contributed by atoms with van der Waals surface area (Å²) in [5, 5.41) is 21.1. The Bertz CT molecular complexity index is 2960. The second kappa shape index (κ2) is 41.0. The summed E-state index contributed by atoms with van der Waals surface area (Å²) in [7, 11) is 0. The van der Waals surface area contributed by atoms with Crippen molar-refractivity contribution in [2.45, 2.75) is 183 Å². The molecular weight excluding hydrogens is 1250 g/mol. The van der Waals surface area contributed by atoms with Gasteiger partial charge in [0.2, 0.25) is 76.8 Å². The molecule has 0 radical (unpaired) electrons. The first-order valence-corrected chi connectivity index (χ1v) is 33.6. The molecule has 2 heterocycles. The fourth-order valence-electron chi connectivity index (χ4n) is 11.0. The number of nitrogens with two attached hydrogens (primary N) is 7. The third kappa shape index (κ3) is 27.5. The summed E-state index contributed by atoms with van der Waals surface area (Å²) in [6.07, 6.45) is 3.12. The van der Waals surface area contributed by atoms with Crippen LogP contribution in [-0.4, -0.2) is 198 Å². The SMILES string of the molecule is CSCC[C@H](NC(=O)[C@H](CC(C)C)NC(=O)CNC(=O)[C@H](Cc1ccccc1)NC(=O)[C@@H](Cc1ccccc1)NC(=O)[C@@H](CCC(N)=O)NC(=O)[C@H](CCC(N)=O)NC(=O)[C@@H]1CCCN1C(=O)[C@@H](CCCCN)NC(=O)[C@H]1CCCN1C(=O)[C@@H](N)CCCN=C(N)N)C(N)=O. The summed E-state index contributed by atoms with van der Waals surface area (Å²) in [4.78, 5) is 185. The van der Waals surface area contributed by atoms with Crippen molar-refractivity contribution < 1.29 is 62.3 Å². The van der Waals surface area contributed by atoms with E-state index in [1.165, 1.54) is 21.6 Å². The van der Waals surface area contributed by atoms with Gasteiger partial charge < -0.3 is 92.5 Å². The van der Waals surface area contributed by atoms with Gasteiger partial charge in [0.25, 0.3) is 0 Å². The molecule has 0 saturated carbocycles. The number of unbranched alkanes of at least 4 members (excludes halogenated alkanes) is 1. The Morgan fingerprint density at radius 1 is 0.537 bits per heavy atom. The van der Waals surface area contributed by atoms with E-state index < -0.39 is 169 Å². The van der Waals surface area contributed by atoms with Crippen LogP contribution in [0.3, 0.4) is 0 Å². The van der Waals surface area contributed by atoms with Crippen LogP contribution in [0.5, 0.6) is 0 Å². The first-order valence-electron chi connectivity index (χ1n) is 32.2. The van der Waals surface area contributed by atoms with Crippen LogP contribution in [0.25, 0.3) is 0 Å². The van der Waals surface area contributed by atoms with E-state index in [1.54, 1.807) is 60.7 Å². The van der Waals surface area contributed by atoms with E-state index in [9.17, 15) is 62.3 Å². The normalized spacial score (nSPS) is 16.8. The number of nitrogens with zero attached hydrogens (tertiary/aromatic N) is 3. The van der Waals surface area contributed by atoms with Crippen molar-refractivity contribution in [2.24, 2.45) is 51.0 Å². The van der Waals surface area contributed by atoms with E-state index in [4.69, 9.17) is 40.1 Å². The van der Waals surface area contributed by atoms with Gasteiger partial charge in [0.1, 0.15) is 54.4 Å². The highest BCUT2D eigenvalue weighted by Gasteiger charge is 2.42. The van der Waals surface area contributed by atoms with Crippen LogP contribution in [0.4, 0.5) is 0 Å². The molecule has 4 rings (SSSR count). The molecule has 10 atom stereocenters. The highest BCUT2D eigenvalue weighted by atomic mass is 32.2. The monoisotopic (exact) mass is 1350 g/mol. The molecule has 2 aliphatic heterocycles. The summed E-state index contributed by atoms with van der Waals surface area (Å²) in [6.45, 7) is 3.86. The lowest BCUT2D eigenvalue weighted by molar-refractivity contribution is -0.144. The second-order valence-electron chi connectivity index (χ2n) is 24.1. The van der Waals surface area contributed by atoms with Crippen LogP contribution in [0.1, 0.15) is 121 Å². The smallest absolute Gasteiger partial charge is 0.245 e. The highest BCUT2D eigenvalue weighted by Crippen LogP contribution is 2.24. The molecule has 0 unspecified atom stereocenters. The van der Waals surface area contributed by atoms with Gasteiger partial charge in [0.15, 0.2) is 5.96 Å². The number of guanidine groups is 1. The van der Waals surface area contributed by atoms with Gasteiger partial charge in [-0.3, -0.25) is 67.3 Å². The van der Waals surface area contributed by atoms with E-state index in [2.05, 4.69) is 47.5 Å². The molecule has 0 aliphatic carbocycles. The predicted octanol–water partition coefficient (Wildman–Crippen LogP) is -3.71. The first-order chi connectivity index (χ1) is 45.2. The number of carbonyl (C=O) groups excluding carboxylic acids is 13. The molecule has 0 spiro atoms. The van der Waals surface area contributed by atoms with Gasteiger partial charge in [-0.1, -0.05) is 74.5 Å². The second-order valence-corrected chi connectivity index (χ2v) is 25.1. The number of rotatable bonds is 42. The molecule has 2 saturated heterocycles. The number of hydrogen-bond acceptors (Lipinski definition) is 17. The van der Waals surface area contributed by atoms with Crippen LogP contribution >= 0.6 is 11.8 Å². The summed E-state index contributed by atoms with van der Waals surface area (Å²) in [5.74, 6) is -9.80. The first kappa shape index (κ1) is 78.5. The topological polar surface area (TPSA) is 519 Å². The lowest BCUT2D eigenvalue weighted by Crippen LogP contribution is -2.60. The molecule has 95 heavy (non-hydrogen) atoms. The summed E-state index contributed by atoms with van der Waals surface area (Å²) in [6, 6.07) is 4.51. The standard InChI is InChI=1S/C63H98N18O13S/c1-37(2)33-45(57(89)74-41(53(68)85)27-32-95-3)73-52(84)36-72-54(86)46(34-38-15-6-4-7-16-38)78-58(90)47(35-39-17-8-5-9-18-39)79-56(88)42(23-25-50(66)82)75-55(87)43(24-26-51(67)83)76-59(91)49-22-14-31-81(49)62(94)44(20-10-11-28-64)77-60(92)48-21-13-30-80(48)61(93)40(65)19-12-29-71-63(69)70/h4-9,15-18,37,40-49H,10-14,19-36,64-65H2,1-3H3,(H2,66,82)(H2,67,83)(H2,68,85)(H,72,86)(H,73,84)(H,74,89)(H,75,87)(H,76,91)(H,77,92)(H,78,90)(H,79,88)(H4,69,70,71)/t40-,41-,42+,43-,44+,45-,46-,47+,48+,49-/m0/s1. The quantitative estimate of drug-likeness (QED) is 0.0173. The lowest BCUT2D eigenvalue weighted by atomic mass is 10.0. The fourth-order valence-corrected chi connectivity index (χ4v) is 11.5. The van der Waals surface area contributed by atoms with E-state index in [1.807, 2.05) is 20.1 Å². The number of amides is 13. The summed E-state index contributed by atoms with van der Waals surface area (Å²) < 4.78 is 0. The Morgan fingerprint density at radius 3 is 1.51 bits per heavy atom. The molecule has 2 aromatic rings. The Kier molecular flexibility index (Phi) is 33.9. The largest absolute Gasteiger partial charge is 0.370 e. The third-order valence-electron chi connectivity index (χ3n) is 16.0. The van der Waals surface area contributed by atoms with Crippen LogP contribution in [0, 0.1) is 5.92 Å². The number of likely N-dealkylation sites (tertiary alicyclic amines) is 2. The molecule has 2 fully saturated rings. The van der Waals surface area contributed by atoms with Gasteiger partial charge in [0, 0.05) is 45.3 Å². The van der Waals surface area contributed by atoms with E-state index >= 15 is 0 Å². The number of hydrogen-bond donors (Lipinski definition) is 15. The molecule has 13 amide bonds. The van der Waals surface area contributed by atoms with Crippen molar-refractivity contribution in [3.8, 4) is 0 Å². The molecule has 32 heteroatoms. The Hall–Kier alpha value is -8.91.